The van der Waals surface area contributed by atoms with Crippen LogP contribution in [-0.4, -0.2) is 28.5 Å². The molecular formula is C12H10F6O3. The summed E-state index contributed by atoms with van der Waals surface area (Å²) in [6.07, 6.45) is -12.1. The van der Waals surface area contributed by atoms with E-state index in [1.54, 1.807) is 0 Å². The Labute approximate surface area is 114 Å². The Kier molecular flexibility index (Phi) is 4.03. The summed E-state index contributed by atoms with van der Waals surface area (Å²) in [5, 5.41) is 18.2. The molecule has 0 bridgehead atoms. The van der Waals surface area contributed by atoms with Gasteiger partial charge in [0.15, 0.2) is 0 Å². The zero-order valence-electron chi connectivity index (χ0n) is 10.7. The van der Waals surface area contributed by atoms with E-state index >= 15 is 0 Å². The Morgan fingerprint density at radius 1 is 1.00 bits per heavy atom. The maximum absolute atomic E-state index is 12.9. The fraction of sp³-hybridized carbons (Fsp3) is 0.417. The van der Waals surface area contributed by atoms with E-state index in [1.165, 1.54) is 0 Å². The van der Waals surface area contributed by atoms with Crippen LogP contribution in [0.4, 0.5) is 26.3 Å². The molecular weight excluding hydrogens is 306 g/mol. The van der Waals surface area contributed by atoms with Crippen molar-refractivity contribution in [3.63, 3.8) is 0 Å². The van der Waals surface area contributed by atoms with Gasteiger partial charge in [-0.3, -0.25) is 0 Å². The van der Waals surface area contributed by atoms with E-state index in [1.807, 2.05) is 0 Å². The van der Waals surface area contributed by atoms with E-state index < -0.39 is 46.2 Å². The third-order valence-corrected chi connectivity index (χ3v) is 3.09. The highest BCUT2D eigenvalue weighted by atomic mass is 19.4. The van der Waals surface area contributed by atoms with Gasteiger partial charge in [0, 0.05) is 5.56 Å². The van der Waals surface area contributed by atoms with Crippen LogP contribution < -0.4 is 0 Å². The highest BCUT2D eigenvalue weighted by molar-refractivity contribution is 5.90. The molecule has 21 heavy (non-hydrogen) atoms. The van der Waals surface area contributed by atoms with Crippen molar-refractivity contribution in [2.24, 2.45) is 0 Å². The maximum atomic E-state index is 12.9. The second kappa shape index (κ2) is 4.90. The van der Waals surface area contributed by atoms with Crippen molar-refractivity contribution in [2.75, 3.05) is 0 Å². The van der Waals surface area contributed by atoms with Crippen LogP contribution in [0.1, 0.15) is 27.0 Å². The molecule has 0 saturated heterocycles. The summed E-state index contributed by atoms with van der Waals surface area (Å²) in [6, 6.07) is 1.66. The average molecular weight is 316 g/mol. The lowest BCUT2D eigenvalue weighted by Gasteiger charge is -2.35. The number of rotatable bonds is 2. The van der Waals surface area contributed by atoms with Gasteiger partial charge in [-0.25, -0.2) is 4.79 Å². The predicted octanol–water partition coefficient (Wildman–Crippen LogP) is 3.31. The topological polar surface area (TPSA) is 57.5 Å². The minimum absolute atomic E-state index is 0.519. The Morgan fingerprint density at radius 3 is 1.76 bits per heavy atom. The summed E-state index contributed by atoms with van der Waals surface area (Å²) in [7, 11) is 0. The van der Waals surface area contributed by atoms with E-state index in [2.05, 4.69) is 0 Å². The van der Waals surface area contributed by atoms with Gasteiger partial charge in [0.2, 0.25) is 0 Å². The monoisotopic (exact) mass is 316 g/mol. The van der Waals surface area contributed by atoms with Crippen LogP contribution in [-0.2, 0) is 5.60 Å². The first-order chi connectivity index (χ1) is 9.25. The molecule has 0 fully saturated rings. The summed E-state index contributed by atoms with van der Waals surface area (Å²) < 4.78 is 77.2. The van der Waals surface area contributed by atoms with Crippen LogP contribution in [0.2, 0.25) is 0 Å². The van der Waals surface area contributed by atoms with Crippen LogP contribution in [0.3, 0.4) is 0 Å². The molecule has 1 aromatic carbocycles. The van der Waals surface area contributed by atoms with Gasteiger partial charge in [0.05, 0.1) is 5.56 Å². The van der Waals surface area contributed by atoms with Crippen molar-refractivity contribution in [1.82, 2.24) is 0 Å². The standard InChI is InChI=1S/C12H10F6O3/c1-5-3-4-7(9(19)20)6(2)8(5)10(21,11(13,14)15)12(16,17)18/h3-4,21H,1-2H3,(H,19,20). The number of alkyl halides is 6. The predicted molar refractivity (Wildman–Crippen MR) is 58.9 cm³/mol. The van der Waals surface area contributed by atoms with Gasteiger partial charge >= 0.3 is 18.3 Å². The molecule has 9 heteroatoms. The molecule has 0 amide bonds. The molecule has 0 aliphatic heterocycles. The SMILES string of the molecule is Cc1ccc(C(=O)O)c(C)c1C(O)(C(F)(F)F)C(F)(F)F. The van der Waals surface area contributed by atoms with E-state index in [-0.39, 0.29) is 0 Å². The molecule has 0 heterocycles. The summed E-state index contributed by atoms with van der Waals surface area (Å²) in [5.74, 6) is -1.69. The Balaban J connectivity index is 3.85. The summed E-state index contributed by atoms with van der Waals surface area (Å²) in [6.45, 7) is 1.71. The smallest absolute Gasteiger partial charge is 0.430 e. The lowest BCUT2D eigenvalue weighted by molar-refractivity contribution is -0.376. The largest absolute Gasteiger partial charge is 0.478 e. The highest BCUT2D eigenvalue weighted by Crippen LogP contribution is 2.52. The number of aromatic carboxylic acids is 1. The average Bonchev–Trinajstić information content (AvgIpc) is 2.24. The molecule has 0 saturated carbocycles. The zero-order valence-corrected chi connectivity index (χ0v) is 10.7. The van der Waals surface area contributed by atoms with E-state index in [0.29, 0.717) is 0 Å². The summed E-state index contributed by atoms with van der Waals surface area (Å²) in [5.41, 5.74) is -8.71. The van der Waals surface area contributed by atoms with Gasteiger partial charge in [-0.15, -0.1) is 0 Å². The van der Waals surface area contributed by atoms with E-state index in [9.17, 15) is 36.2 Å². The van der Waals surface area contributed by atoms with Crippen molar-refractivity contribution < 1.29 is 41.4 Å². The van der Waals surface area contributed by atoms with Crippen LogP contribution in [0.15, 0.2) is 12.1 Å². The van der Waals surface area contributed by atoms with Crippen LogP contribution in [0, 0.1) is 13.8 Å². The third-order valence-electron chi connectivity index (χ3n) is 3.09. The summed E-state index contributed by atoms with van der Waals surface area (Å²) in [4.78, 5) is 10.9. The van der Waals surface area contributed by atoms with Gasteiger partial charge < -0.3 is 10.2 Å². The molecule has 0 aromatic heterocycles. The second-order valence-electron chi connectivity index (χ2n) is 4.44. The van der Waals surface area contributed by atoms with Crippen molar-refractivity contribution in [1.29, 1.82) is 0 Å². The first-order valence-electron chi connectivity index (χ1n) is 5.45. The number of aliphatic hydroxyl groups is 1. The fourth-order valence-corrected chi connectivity index (χ4v) is 2.08. The van der Waals surface area contributed by atoms with E-state index in [0.717, 1.165) is 26.0 Å². The van der Waals surface area contributed by atoms with Crippen molar-refractivity contribution in [3.8, 4) is 0 Å². The molecule has 1 aromatic rings. The molecule has 0 spiro atoms. The number of carbonyl (C=O) groups is 1. The molecule has 2 N–H and O–H groups in total. The molecule has 118 valence electrons. The van der Waals surface area contributed by atoms with Crippen LogP contribution >= 0.6 is 0 Å². The third kappa shape index (κ3) is 2.57. The molecule has 0 aliphatic rings. The first kappa shape index (κ1) is 17.3. The van der Waals surface area contributed by atoms with Gasteiger partial charge in [-0.1, -0.05) is 6.07 Å². The quantitative estimate of drug-likeness (QED) is 0.823. The minimum Gasteiger partial charge on any atom is -0.478 e. The number of benzene rings is 1. The highest BCUT2D eigenvalue weighted by Gasteiger charge is 2.72. The summed E-state index contributed by atoms with van der Waals surface area (Å²) >= 11 is 0. The number of aryl methyl sites for hydroxylation is 1. The number of carboxylic acids is 1. The molecule has 0 atom stereocenters. The molecule has 0 unspecified atom stereocenters. The van der Waals surface area contributed by atoms with E-state index in [4.69, 9.17) is 5.11 Å². The maximum Gasteiger partial charge on any atom is 0.430 e. The zero-order chi connectivity index (χ0) is 16.8. The van der Waals surface area contributed by atoms with Crippen molar-refractivity contribution in [2.45, 2.75) is 31.8 Å². The number of halogens is 6. The first-order valence-corrected chi connectivity index (χ1v) is 5.45. The normalized spacial score (nSPS) is 13.4. The Bertz CT molecular complexity index is 560. The number of hydrogen-bond donors (Lipinski definition) is 2. The molecule has 3 nitrogen and oxygen atoms in total. The van der Waals surface area contributed by atoms with Gasteiger partial charge in [-0.05, 0) is 31.0 Å². The lowest BCUT2D eigenvalue weighted by atomic mass is 9.83. The van der Waals surface area contributed by atoms with Crippen LogP contribution in [0.5, 0.6) is 0 Å². The van der Waals surface area contributed by atoms with Crippen molar-refractivity contribution >= 4 is 5.97 Å². The van der Waals surface area contributed by atoms with Gasteiger partial charge in [0.25, 0.3) is 5.60 Å². The Morgan fingerprint density at radius 2 is 1.43 bits per heavy atom. The number of hydrogen-bond acceptors (Lipinski definition) is 2. The van der Waals surface area contributed by atoms with Crippen LogP contribution in [0.25, 0.3) is 0 Å². The number of carboxylic acid groups (broad SMARTS) is 1. The fourth-order valence-electron chi connectivity index (χ4n) is 2.08. The lowest BCUT2D eigenvalue weighted by Crippen LogP contribution is -2.54. The molecule has 1 rings (SSSR count). The van der Waals surface area contributed by atoms with Gasteiger partial charge in [-0.2, -0.15) is 26.3 Å². The van der Waals surface area contributed by atoms with Crippen molar-refractivity contribution in [3.05, 3.63) is 34.4 Å². The minimum atomic E-state index is -6.06. The Hall–Kier alpha value is -1.77. The second-order valence-corrected chi connectivity index (χ2v) is 4.44. The molecule has 0 aliphatic carbocycles. The van der Waals surface area contributed by atoms with Gasteiger partial charge in [0.1, 0.15) is 0 Å². The molecule has 0 radical (unpaired) electrons.